The summed E-state index contributed by atoms with van der Waals surface area (Å²) < 4.78 is 48.4. The Balaban J connectivity index is 1.96. The Morgan fingerprint density at radius 1 is 1.17 bits per heavy atom. The number of halogens is 2. The van der Waals surface area contributed by atoms with Crippen molar-refractivity contribution in [2.75, 3.05) is 0 Å². The zero-order chi connectivity index (χ0) is 21.6. The molecule has 1 aliphatic rings. The molecule has 0 aliphatic carbocycles. The van der Waals surface area contributed by atoms with Crippen molar-refractivity contribution < 1.29 is 26.5 Å². The van der Waals surface area contributed by atoms with Gasteiger partial charge in [0.25, 0.3) is 0 Å². The van der Waals surface area contributed by atoms with Crippen molar-refractivity contribution in [1.29, 1.82) is 0 Å². The number of hydrogen-bond acceptors (Lipinski definition) is 6. The van der Waals surface area contributed by atoms with Crippen molar-refractivity contribution >= 4 is 51.0 Å². The van der Waals surface area contributed by atoms with Crippen LogP contribution in [0.1, 0.15) is 11.1 Å². The first-order chi connectivity index (χ1) is 13.4. The number of nitrogens with two attached hydrogens (primary N) is 1. The fourth-order valence-corrected chi connectivity index (χ4v) is 4.33. The van der Waals surface area contributed by atoms with Gasteiger partial charge in [-0.25, -0.2) is 4.39 Å². The van der Waals surface area contributed by atoms with E-state index in [1.165, 1.54) is 29.6 Å². The number of benzene rings is 2. The third-order valence-corrected chi connectivity index (χ3v) is 7.09. The molecule has 0 radical (unpaired) electrons. The molecule has 0 saturated carbocycles. The van der Waals surface area contributed by atoms with E-state index in [0.29, 0.717) is 5.56 Å². The van der Waals surface area contributed by atoms with Crippen LogP contribution in [0.4, 0.5) is 4.39 Å². The van der Waals surface area contributed by atoms with Gasteiger partial charge in [-0.05, 0) is 17.7 Å². The van der Waals surface area contributed by atoms with Gasteiger partial charge in [0.15, 0.2) is 13.3 Å². The molecule has 29 heavy (non-hydrogen) atoms. The molecular formula is C17H16B3ClFNO5S. The molecule has 0 amide bonds. The van der Waals surface area contributed by atoms with Crippen LogP contribution >= 0.6 is 11.6 Å². The molecule has 6 nitrogen and oxygen atoms in total. The molecule has 0 aromatic heterocycles. The molecule has 2 aromatic rings. The topological polar surface area (TPSA) is 95.7 Å². The summed E-state index contributed by atoms with van der Waals surface area (Å²) in [5.74, 6) is -2.57. The van der Waals surface area contributed by atoms with Gasteiger partial charge in [0.1, 0.15) is 21.5 Å². The third-order valence-electron chi connectivity index (χ3n) is 4.91. The normalized spacial score (nSPS) is 19.9. The van der Waals surface area contributed by atoms with Crippen molar-refractivity contribution in [3.63, 3.8) is 0 Å². The number of ether oxygens (including phenoxy) is 1. The van der Waals surface area contributed by atoms with Gasteiger partial charge in [-0.15, -0.1) is 0 Å². The number of hydrogen-bond donors (Lipinski definition) is 1. The Bertz CT molecular complexity index is 1130. The molecule has 0 saturated heterocycles. The van der Waals surface area contributed by atoms with Gasteiger partial charge in [0.2, 0.25) is 17.4 Å². The van der Waals surface area contributed by atoms with Gasteiger partial charge in [-0.1, -0.05) is 48.0 Å². The van der Waals surface area contributed by atoms with Crippen LogP contribution < -0.4 is 5.73 Å². The Morgan fingerprint density at radius 3 is 2.38 bits per heavy atom. The first-order valence-corrected chi connectivity index (χ1v) is 10.4. The van der Waals surface area contributed by atoms with E-state index < -0.39 is 43.4 Å². The van der Waals surface area contributed by atoms with E-state index in [1.807, 2.05) is 0 Å². The molecule has 0 spiro atoms. The maximum atomic E-state index is 13.4. The average molecular weight is 433 g/mol. The van der Waals surface area contributed by atoms with Crippen molar-refractivity contribution in [3.8, 4) is 0 Å². The molecule has 3 rings (SSSR count). The highest BCUT2D eigenvalue weighted by Gasteiger charge is 2.51. The Morgan fingerprint density at radius 2 is 1.79 bits per heavy atom. The monoisotopic (exact) mass is 433 g/mol. The van der Waals surface area contributed by atoms with Crippen LogP contribution in [0.2, 0.25) is 5.02 Å². The van der Waals surface area contributed by atoms with Gasteiger partial charge < -0.3 is 14.7 Å². The van der Waals surface area contributed by atoms with Crippen LogP contribution in [0.5, 0.6) is 0 Å². The van der Waals surface area contributed by atoms with E-state index in [1.54, 1.807) is 30.3 Å². The lowest BCUT2D eigenvalue weighted by molar-refractivity contribution is -0.126. The molecule has 148 valence electrons. The van der Waals surface area contributed by atoms with E-state index in [9.17, 15) is 17.6 Å². The van der Waals surface area contributed by atoms with Crippen LogP contribution in [0.25, 0.3) is 0 Å². The molecule has 0 fully saturated rings. The summed E-state index contributed by atoms with van der Waals surface area (Å²) in [6, 6.07) is 11.8. The molecule has 1 atom stereocenters. The van der Waals surface area contributed by atoms with Crippen LogP contribution in [-0.4, -0.2) is 37.7 Å². The minimum Gasteiger partial charge on any atom is -0.467 e. The van der Waals surface area contributed by atoms with Gasteiger partial charge >= 0.3 is 10.1 Å². The SMILES string of the molecule is BC(B)(c1ccccc1)S(=O)(=O)OC1=C(N)O[C@](B)(c2ccc(F)cc2Cl)C1=O. The summed E-state index contributed by atoms with van der Waals surface area (Å²) >= 11 is 6.06. The average Bonchev–Trinajstić information content (AvgIpc) is 2.85. The molecule has 0 bridgehead atoms. The maximum absolute atomic E-state index is 13.4. The first kappa shape index (κ1) is 21.3. The van der Waals surface area contributed by atoms with Gasteiger partial charge in [0, 0.05) is 5.56 Å². The van der Waals surface area contributed by atoms with Crippen LogP contribution in [0.3, 0.4) is 0 Å². The van der Waals surface area contributed by atoms with Crippen LogP contribution in [0.15, 0.2) is 60.2 Å². The quantitative estimate of drug-likeness (QED) is 0.501. The zero-order valence-corrected chi connectivity index (χ0v) is 17.5. The van der Waals surface area contributed by atoms with E-state index >= 15 is 0 Å². The summed E-state index contributed by atoms with van der Waals surface area (Å²) in [6.07, 6.45) is 0. The van der Waals surface area contributed by atoms with E-state index in [0.717, 1.165) is 12.1 Å². The van der Waals surface area contributed by atoms with Crippen molar-refractivity contribution in [2.45, 2.75) is 10.0 Å². The van der Waals surface area contributed by atoms with Gasteiger partial charge in [-0.2, -0.15) is 8.42 Å². The predicted octanol–water partition coefficient (Wildman–Crippen LogP) is -0.585. The number of carbonyl (C=O) groups is 1. The molecule has 2 aromatic carbocycles. The maximum Gasteiger partial charge on any atom is 0.304 e. The summed E-state index contributed by atoms with van der Waals surface area (Å²) in [4.78, 5) is 13.0. The lowest BCUT2D eigenvalue weighted by Gasteiger charge is -2.26. The molecule has 1 heterocycles. The summed E-state index contributed by atoms with van der Waals surface area (Å²) in [5, 5.41) is -0.0672. The minimum absolute atomic E-state index is 0.0672. The summed E-state index contributed by atoms with van der Waals surface area (Å²) in [7, 11) is -0.0909. The number of Topliss-reactive ketones (excluding diaryl/α,β-unsaturated/α-hetero) is 1. The van der Waals surface area contributed by atoms with Gasteiger partial charge in [0.05, 0.1) is 9.57 Å². The van der Waals surface area contributed by atoms with Crippen molar-refractivity contribution in [1.82, 2.24) is 0 Å². The second-order valence-corrected chi connectivity index (χ2v) is 9.70. The van der Waals surface area contributed by atoms with Crippen LogP contribution in [-0.2, 0) is 33.9 Å². The molecule has 12 heteroatoms. The molecule has 2 N–H and O–H groups in total. The van der Waals surface area contributed by atoms with Crippen molar-refractivity contribution in [2.24, 2.45) is 5.73 Å². The second kappa shape index (κ2) is 7.14. The largest absolute Gasteiger partial charge is 0.467 e. The standard InChI is InChI=1S/C17H16B3ClFNO5S/c18-16(11-7-6-10(22)8-12(11)21)14(24)13(15(23)27-16)28-29(25,26)17(19,20)9-4-2-1-3-5-9/h1-8H,18-20,23H2/t16-/m1/s1. The highest BCUT2D eigenvalue weighted by atomic mass is 35.5. The highest BCUT2D eigenvalue weighted by molar-refractivity contribution is 7.90. The number of rotatable bonds is 5. The van der Waals surface area contributed by atoms with E-state index in [2.05, 4.69) is 0 Å². The fraction of sp³-hybridized carbons (Fsp3) is 0.118. The Labute approximate surface area is 175 Å². The molecule has 0 unspecified atom stereocenters. The minimum atomic E-state index is -4.34. The van der Waals surface area contributed by atoms with E-state index in [-0.39, 0.29) is 10.6 Å². The summed E-state index contributed by atoms with van der Waals surface area (Å²) in [5.41, 5.74) is 4.63. The van der Waals surface area contributed by atoms with Crippen LogP contribution in [0, 0.1) is 5.82 Å². The lowest BCUT2D eigenvalue weighted by atomic mass is 9.65. The van der Waals surface area contributed by atoms with Gasteiger partial charge in [-0.3, -0.25) is 4.79 Å². The second-order valence-electron chi connectivity index (χ2n) is 7.20. The Hall–Kier alpha value is -2.39. The fourth-order valence-electron chi connectivity index (χ4n) is 2.97. The predicted molar refractivity (Wildman–Crippen MR) is 114 cm³/mol. The van der Waals surface area contributed by atoms with E-state index in [4.69, 9.17) is 26.3 Å². The van der Waals surface area contributed by atoms with Crippen molar-refractivity contribution in [3.05, 3.63) is 82.1 Å². The summed E-state index contributed by atoms with van der Waals surface area (Å²) in [6.45, 7) is 0. The Kier molecular flexibility index (Phi) is 5.25. The number of ketones is 1. The smallest absolute Gasteiger partial charge is 0.304 e. The lowest BCUT2D eigenvalue weighted by Crippen LogP contribution is -2.40. The zero-order valence-electron chi connectivity index (χ0n) is 15.9. The number of carbonyl (C=O) groups excluding carboxylic acids is 1. The highest BCUT2D eigenvalue weighted by Crippen LogP contribution is 2.40. The molecule has 1 aliphatic heterocycles. The molecular weight excluding hydrogens is 417 g/mol. The third kappa shape index (κ3) is 3.53. The first-order valence-electron chi connectivity index (χ1n) is 8.59.